The number of pyridine rings is 1. The van der Waals surface area contributed by atoms with Crippen LogP contribution in [0.25, 0.3) is 11.4 Å². The van der Waals surface area contributed by atoms with Gasteiger partial charge in [-0.1, -0.05) is 12.1 Å². The summed E-state index contributed by atoms with van der Waals surface area (Å²) >= 11 is 0. The van der Waals surface area contributed by atoms with Gasteiger partial charge in [-0.15, -0.1) is 0 Å². The monoisotopic (exact) mass is 218 g/mol. The molecule has 5 nitrogen and oxygen atoms in total. The molecule has 2 aromatic rings. The van der Waals surface area contributed by atoms with Crippen molar-refractivity contribution in [1.29, 1.82) is 0 Å². The Kier molecular flexibility index (Phi) is 2.96. The molecule has 0 radical (unpaired) electrons. The van der Waals surface area contributed by atoms with Crippen LogP contribution < -0.4 is 5.73 Å². The third-order valence-electron chi connectivity index (χ3n) is 2.46. The van der Waals surface area contributed by atoms with Crippen molar-refractivity contribution in [3.05, 3.63) is 29.9 Å². The fraction of sp³-hybridized carbons (Fsp3) is 0.364. The molecule has 5 heteroatoms. The van der Waals surface area contributed by atoms with Gasteiger partial charge in [-0.2, -0.15) is 4.98 Å². The van der Waals surface area contributed by atoms with Gasteiger partial charge in [0.1, 0.15) is 0 Å². The minimum atomic E-state index is -0.191. The first-order valence-electron chi connectivity index (χ1n) is 5.22. The maximum atomic E-state index is 5.82. The highest BCUT2D eigenvalue weighted by Gasteiger charge is 2.14. The van der Waals surface area contributed by atoms with Crippen LogP contribution in [0.5, 0.6) is 0 Å². The maximum Gasteiger partial charge on any atom is 0.243 e. The van der Waals surface area contributed by atoms with Crippen molar-refractivity contribution in [3.8, 4) is 11.4 Å². The van der Waals surface area contributed by atoms with Crippen molar-refractivity contribution in [2.75, 3.05) is 0 Å². The first-order valence-corrected chi connectivity index (χ1v) is 5.22. The van der Waals surface area contributed by atoms with Crippen molar-refractivity contribution in [2.45, 2.75) is 26.3 Å². The van der Waals surface area contributed by atoms with Crippen molar-refractivity contribution in [2.24, 2.45) is 5.73 Å². The van der Waals surface area contributed by atoms with Gasteiger partial charge in [0.2, 0.25) is 11.7 Å². The summed E-state index contributed by atoms with van der Waals surface area (Å²) in [5.41, 5.74) is 7.75. The molecular weight excluding hydrogens is 204 g/mol. The molecule has 1 atom stereocenters. The summed E-state index contributed by atoms with van der Waals surface area (Å²) in [5.74, 6) is 1.05. The molecule has 0 fully saturated rings. The first kappa shape index (κ1) is 10.8. The number of aromatic nitrogens is 3. The Morgan fingerprint density at radius 2 is 2.31 bits per heavy atom. The molecule has 2 rings (SSSR count). The SMILES string of the molecule is CCC(N)c1nc(-c2ccncc2C)no1. The fourth-order valence-electron chi connectivity index (χ4n) is 1.39. The van der Waals surface area contributed by atoms with Gasteiger partial charge >= 0.3 is 0 Å². The van der Waals surface area contributed by atoms with E-state index < -0.39 is 0 Å². The second-order valence-corrected chi connectivity index (χ2v) is 3.66. The summed E-state index contributed by atoms with van der Waals surface area (Å²) in [7, 11) is 0. The van der Waals surface area contributed by atoms with Crippen molar-refractivity contribution < 1.29 is 4.52 Å². The largest absolute Gasteiger partial charge is 0.337 e. The van der Waals surface area contributed by atoms with Crippen LogP contribution in [0.15, 0.2) is 23.0 Å². The molecule has 16 heavy (non-hydrogen) atoms. The highest BCUT2D eigenvalue weighted by Crippen LogP contribution is 2.21. The molecule has 0 aliphatic carbocycles. The van der Waals surface area contributed by atoms with Gasteiger partial charge in [0, 0.05) is 18.0 Å². The summed E-state index contributed by atoms with van der Waals surface area (Å²) in [5, 5.41) is 3.92. The highest BCUT2D eigenvalue weighted by molar-refractivity contribution is 5.57. The molecule has 2 aromatic heterocycles. The smallest absolute Gasteiger partial charge is 0.243 e. The van der Waals surface area contributed by atoms with Crippen molar-refractivity contribution >= 4 is 0 Å². The molecule has 2 heterocycles. The summed E-state index contributed by atoms with van der Waals surface area (Å²) < 4.78 is 5.12. The van der Waals surface area contributed by atoms with Gasteiger partial charge in [-0.05, 0) is 25.0 Å². The Morgan fingerprint density at radius 1 is 1.50 bits per heavy atom. The number of hydrogen-bond donors (Lipinski definition) is 1. The molecular formula is C11H14N4O. The van der Waals surface area contributed by atoms with E-state index in [1.807, 2.05) is 19.9 Å². The van der Waals surface area contributed by atoms with Gasteiger partial charge in [0.05, 0.1) is 6.04 Å². The Hall–Kier alpha value is -1.75. The van der Waals surface area contributed by atoms with E-state index in [0.717, 1.165) is 17.5 Å². The van der Waals surface area contributed by atoms with Crippen LogP contribution in [-0.4, -0.2) is 15.1 Å². The minimum Gasteiger partial charge on any atom is -0.337 e. The van der Waals surface area contributed by atoms with E-state index in [2.05, 4.69) is 15.1 Å². The first-order chi connectivity index (χ1) is 7.72. The van der Waals surface area contributed by atoms with Crippen LogP contribution in [0.2, 0.25) is 0 Å². The third kappa shape index (κ3) is 1.94. The molecule has 0 aliphatic heterocycles. The van der Waals surface area contributed by atoms with Gasteiger partial charge < -0.3 is 10.3 Å². The van der Waals surface area contributed by atoms with Crippen LogP contribution in [0.4, 0.5) is 0 Å². The normalized spacial score (nSPS) is 12.7. The van der Waals surface area contributed by atoms with Crippen LogP contribution >= 0.6 is 0 Å². The average molecular weight is 218 g/mol. The Morgan fingerprint density at radius 3 is 3.00 bits per heavy atom. The van der Waals surface area contributed by atoms with Gasteiger partial charge in [-0.25, -0.2) is 0 Å². The van der Waals surface area contributed by atoms with E-state index in [-0.39, 0.29) is 6.04 Å². The van der Waals surface area contributed by atoms with Crippen LogP contribution in [-0.2, 0) is 0 Å². The molecule has 0 saturated heterocycles. The topological polar surface area (TPSA) is 77.8 Å². The standard InChI is InChI=1S/C11H14N4O/c1-3-9(12)11-14-10(15-16-11)8-4-5-13-6-7(8)2/h4-6,9H,3,12H2,1-2H3. The molecule has 1 unspecified atom stereocenters. The third-order valence-corrected chi connectivity index (χ3v) is 2.46. The minimum absolute atomic E-state index is 0.191. The zero-order valence-corrected chi connectivity index (χ0v) is 9.34. The van der Waals surface area contributed by atoms with E-state index in [1.165, 1.54) is 0 Å². The number of nitrogens with zero attached hydrogens (tertiary/aromatic N) is 3. The van der Waals surface area contributed by atoms with Crippen molar-refractivity contribution in [3.63, 3.8) is 0 Å². The lowest BCUT2D eigenvalue weighted by Gasteiger charge is -2.00. The molecule has 2 N–H and O–H groups in total. The lowest BCUT2D eigenvalue weighted by molar-refractivity contribution is 0.352. The Bertz CT molecular complexity index is 480. The van der Waals surface area contributed by atoms with E-state index in [0.29, 0.717) is 11.7 Å². The lowest BCUT2D eigenvalue weighted by Crippen LogP contribution is -2.08. The van der Waals surface area contributed by atoms with E-state index in [1.54, 1.807) is 12.4 Å². The number of nitrogens with two attached hydrogens (primary N) is 1. The van der Waals surface area contributed by atoms with Crippen LogP contribution in [0.3, 0.4) is 0 Å². The fourth-order valence-corrected chi connectivity index (χ4v) is 1.39. The van der Waals surface area contributed by atoms with Gasteiger partial charge in [0.25, 0.3) is 0 Å². The predicted molar refractivity (Wildman–Crippen MR) is 59.5 cm³/mol. The van der Waals surface area contributed by atoms with Crippen molar-refractivity contribution in [1.82, 2.24) is 15.1 Å². The van der Waals surface area contributed by atoms with Gasteiger partial charge in [-0.3, -0.25) is 4.98 Å². The van der Waals surface area contributed by atoms with Crippen LogP contribution in [0.1, 0.15) is 30.8 Å². The number of aryl methyl sites for hydroxylation is 1. The highest BCUT2D eigenvalue weighted by atomic mass is 16.5. The van der Waals surface area contributed by atoms with Crippen LogP contribution in [0, 0.1) is 6.92 Å². The quantitative estimate of drug-likeness (QED) is 0.850. The summed E-state index contributed by atoms with van der Waals surface area (Å²) in [4.78, 5) is 8.30. The predicted octanol–water partition coefficient (Wildman–Crippen LogP) is 1.85. The second-order valence-electron chi connectivity index (χ2n) is 3.66. The number of hydrogen-bond acceptors (Lipinski definition) is 5. The molecule has 0 aromatic carbocycles. The molecule has 0 aliphatic rings. The molecule has 0 spiro atoms. The van der Waals surface area contributed by atoms with E-state index in [9.17, 15) is 0 Å². The molecule has 84 valence electrons. The van der Waals surface area contributed by atoms with E-state index >= 15 is 0 Å². The van der Waals surface area contributed by atoms with Gasteiger partial charge in [0.15, 0.2) is 0 Å². The molecule has 0 amide bonds. The van der Waals surface area contributed by atoms with E-state index in [4.69, 9.17) is 10.3 Å². The summed E-state index contributed by atoms with van der Waals surface area (Å²) in [6, 6.07) is 1.67. The number of rotatable bonds is 3. The zero-order valence-electron chi connectivity index (χ0n) is 9.34. The Labute approximate surface area is 93.7 Å². The maximum absolute atomic E-state index is 5.82. The molecule has 0 bridgehead atoms. The zero-order chi connectivity index (χ0) is 11.5. The average Bonchev–Trinajstić information content (AvgIpc) is 2.78. The summed E-state index contributed by atoms with van der Waals surface area (Å²) in [6.45, 7) is 3.93. The second kappa shape index (κ2) is 4.40. The lowest BCUT2D eigenvalue weighted by atomic mass is 10.1. The summed E-state index contributed by atoms with van der Waals surface area (Å²) in [6.07, 6.45) is 4.25. The molecule has 0 saturated carbocycles. The Balaban J connectivity index is 2.35.